The summed E-state index contributed by atoms with van der Waals surface area (Å²) >= 11 is 0. The number of pyridine rings is 1. The van der Waals surface area contributed by atoms with Gasteiger partial charge >= 0.3 is 0 Å². The van der Waals surface area contributed by atoms with E-state index in [2.05, 4.69) is 5.32 Å². The van der Waals surface area contributed by atoms with Crippen LogP contribution in [0.5, 0.6) is 0 Å². The summed E-state index contributed by atoms with van der Waals surface area (Å²) in [6.45, 7) is 0.227. The molecule has 3 rings (SSSR count). The second-order valence-corrected chi connectivity index (χ2v) is 7.73. The highest BCUT2D eigenvalue weighted by molar-refractivity contribution is 7.91. The Morgan fingerprint density at radius 3 is 2.83 bits per heavy atom. The van der Waals surface area contributed by atoms with Crippen LogP contribution in [0.4, 0.5) is 0 Å². The zero-order chi connectivity index (χ0) is 16.4. The average Bonchev–Trinajstić information content (AvgIpc) is 3.08. The summed E-state index contributed by atoms with van der Waals surface area (Å²) in [5.41, 5.74) is -0.161. The molecule has 1 saturated heterocycles. The number of nitrogens with one attached hydrogen (secondary N) is 1. The minimum Gasteiger partial charge on any atom is -0.454 e. The van der Waals surface area contributed by atoms with Gasteiger partial charge in [-0.05, 0) is 24.6 Å². The number of aromatic nitrogens is 1. The van der Waals surface area contributed by atoms with E-state index in [0.29, 0.717) is 12.2 Å². The molecule has 2 aromatic heterocycles. The third-order valence-corrected chi connectivity index (χ3v) is 5.45. The lowest BCUT2D eigenvalue weighted by Gasteiger charge is -2.08. The molecule has 122 valence electrons. The molecule has 0 bridgehead atoms. The van der Waals surface area contributed by atoms with Crippen LogP contribution in [-0.4, -0.2) is 36.4 Å². The largest absolute Gasteiger partial charge is 0.454 e. The van der Waals surface area contributed by atoms with Crippen molar-refractivity contribution in [3.63, 3.8) is 0 Å². The first-order valence-electron chi connectivity index (χ1n) is 7.18. The predicted molar refractivity (Wildman–Crippen MR) is 83.0 cm³/mol. The molecular formula is C15H16N2O5S. The van der Waals surface area contributed by atoms with Crippen molar-refractivity contribution in [2.45, 2.75) is 19.0 Å². The summed E-state index contributed by atoms with van der Waals surface area (Å²) in [4.78, 5) is 23.7. The van der Waals surface area contributed by atoms with Crippen molar-refractivity contribution in [1.29, 1.82) is 0 Å². The summed E-state index contributed by atoms with van der Waals surface area (Å²) in [5.74, 6) is 0.193. The van der Waals surface area contributed by atoms with Gasteiger partial charge in [-0.3, -0.25) is 9.59 Å². The van der Waals surface area contributed by atoms with Crippen LogP contribution in [0.2, 0.25) is 0 Å². The minimum atomic E-state index is -3.05. The number of carbonyl (C=O) groups is 1. The fourth-order valence-corrected chi connectivity index (χ4v) is 4.18. The third-order valence-electron chi connectivity index (χ3n) is 3.68. The van der Waals surface area contributed by atoms with E-state index in [1.165, 1.54) is 16.7 Å². The van der Waals surface area contributed by atoms with Crippen molar-refractivity contribution >= 4 is 15.7 Å². The Labute approximate surface area is 132 Å². The molecule has 0 aromatic carbocycles. The van der Waals surface area contributed by atoms with Gasteiger partial charge in [0, 0.05) is 18.3 Å². The third kappa shape index (κ3) is 3.70. The fraction of sp³-hybridized carbons (Fsp3) is 0.333. The molecule has 0 radical (unpaired) electrons. The molecule has 0 saturated carbocycles. The average molecular weight is 336 g/mol. The first-order chi connectivity index (χ1) is 10.9. The SMILES string of the molecule is O=C(N[C@H]1CCS(=O)(=O)C1)c1ccc(Cn2ccccc2=O)o1. The smallest absolute Gasteiger partial charge is 0.287 e. The van der Waals surface area contributed by atoms with E-state index in [-0.39, 0.29) is 35.4 Å². The maximum Gasteiger partial charge on any atom is 0.287 e. The molecule has 0 spiro atoms. The van der Waals surface area contributed by atoms with E-state index >= 15 is 0 Å². The number of amides is 1. The first kappa shape index (κ1) is 15.5. The van der Waals surface area contributed by atoms with Crippen molar-refractivity contribution < 1.29 is 17.6 Å². The standard InChI is InChI=1S/C15H16N2O5S/c18-14-3-1-2-7-17(14)9-12-4-5-13(22-12)15(19)16-11-6-8-23(20,21)10-11/h1-5,7,11H,6,8-10H2,(H,16,19)/t11-/m0/s1. The maximum absolute atomic E-state index is 12.1. The van der Waals surface area contributed by atoms with E-state index in [0.717, 1.165) is 0 Å². The topological polar surface area (TPSA) is 98.4 Å². The Morgan fingerprint density at radius 1 is 1.30 bits per heavy atom. The van der Waals surface area contributed by atoms with E-state index in [9.17, 15) is 18.0 Å². The van der Waals surface area contributed by atoms with E-state index in [1.54, 1.807) is 24.4 Å². The molecule has 8 heteroatoms. The quantitative estimate of drug-likeness (QED) is 0.872. The van der Waals surface area contributed by atoms with Crippen molar-refractivity contribution in [1.82, 2.24) is 9.88 Å². The lowest BCUT2D eigenvalue weighted by molar-refractivity contribution is 0.0911. The van der Waals surface area contributed by atoms with Gasteiger partial charge in [0.2, 0.25) is 0 Å². The molecule has 1 aliphatic heterocycles. The Kier molecular flexibility index (Phi) is 4.08. The van der Waals surface area contributed by atoms with E-state index in [4.69, 9.17) is 4.42 Å². The second kappa shape index (κ2) is 6.04. The minimum absolute atomic E-state index is 0.0360. The number of nitrogens with zero attached hydrogens (tertiary/aromatic N) is 1. The predicted octanol–water partition coefficient (Wildman–Crippen LogP) is 0.406. The number of rotatable bonds is 4. The molecule has 3 heterocycles. The molecule has 1 N–H and O–H groups in total. The van der Waals surface area contributed by atoms with Crippen LogP contribution in [0.15, 0.2) is 45.7 Å². The molecule has 1 amide bonds. The highest BCUT2D eigenvalue weighted by atomic mass is 32.2. The van der Waals surface area contributed by atoms with Gasteiger partial charge in [-0.2, -0.15) is 0 Å². The summed E-state index contributed by atoms with van der Waals surface area (Å²) in [7, 11) is -3.05. The highest BCUT2D eigenvalue weighted by Crippen LogP contribution is 2.14. The molecular weight excluding hydrogens is 320 g/mol. The molecule has 0 aliphatic carbocycles. The Hall–Kier alpha value is -2.35. The normalized spacial score (nSPS) is 19.6. The number of furan rings is 1. The van der Waals surface area contributed by atoms with Crippen molar-refractivity contribution in [3.8, 4) is 0 Å². The summed E-state index contributed by atoms with van der Waals surface area (Å²) in [6, 6.07) is 7.59. The van der Waals surface area contributed by atoms with Crippen LogP contribution in [0, 0.1) is 0 Å². The van der Waals surface area contributed by atoms with Crippen LogP contribution < -0.4 is 10.9 Å². The monoisotopic (exact) mass is 336 g/mol. The number of hydrogen-bond donors (Lipinski definition) is 1. The van der Waals surface area contributed by atoms with Gasteiger partial charge in [-0.15, -0.1) is 0 Å². The van der Waals surface area contributed by atoms with Crippen LogP contribution in [0.25, 0.3) is 0 Å². The van der Waals surface area contributed by atoms with E-state index in [1.807, 2.05) is 0 Å². The Balaban J connectivity index is 1.66. The Bertz CT molecular complexity index is 881. The molecule has 1 fully saturated rings. The molecule has 7 nitrogen and oxygen atoms in total. The number of carbonyl (C=O) groups excluding carboxylic acids is 1. The van der Waals surface area contributed by atoms with Crippen molar-refractivity contribution in [3.05, 3.63) is 58.4 Å². The van der Waals surface area contributed by atoms with Crippen LogP contribution in [0.1, 0.15) is 22.7 Å². The molecule has 2 aromatic rings. The molecule has 1 atom stereocenters. The summed E-state index contributed by atoms with van der Waals surface area (Å²) in [5, 5.41) is 2.66. The van der Waals surface area contributed by atoms with Gasteiger partial charge < -0.3 is 14.3 Å². The molecule has 23 heavy (non-hydrogen) atoms. The Morgan fingerprint density at radius 2 is 2.13 bits per heavy atom. The van der Waals surface area contributed by atoms with Crippen molar-refractivity contribution in [2.75, 3.05) is 11.5 Å². The summed E-state index contributed by atoms with van der Waals surface area (Å²) < 4.78 is 29.7. The van der Waals surface area contributed by atoms with Gasteiger partial charge in [0.25, 0.3) is 11.5 Å². The van der Waals surface area contributed by atoms with Gasteiger partial charge in [0.15, 0.2) is 15.6 Å². The molecule has 1 aliphatic rings. The second-order valence-electron chi connectivity index (χ2n) is 5.51. The number of hydrogen-bond acceptors (Lipinski definition) is 5. The van der Waals surface area contributed by atoms with Crippen molar-refractivity contribution in [2.24, 2.45) is 0 Å². The van der Waals surface area contributed by atoms with Gasteiger partial charge in [-0.25, -0.2) is 8.42 Å². The van der Waals surface area contributed by atoms with E-state index < -0.39 is 15.7 Å². The lowest BCUT2D eigenvalue weighted by atomic mass is 10.2. The lowest BCUT2D eigenvalue weighted by Crippen LogP contribution is -2.35. The molecule has 0 unspecified atom stereocenters. The van der Waals surface area contributed by atoms with Crippen LogP contribution in [-0.2, 0) is 16.4 Å². The highest BCUT2D eigenvalue weighted by Gasteiger charge is 2.29. The van der Waals surface area contributed by atoms with Gasteiger partial charge in [0.1, 0.15) is 5.76 Å². The summed E-state index contributed by atoms with van der Waals surface area (Å²) in [6.07, 6.45) is 2.05. The first-order valence-corrected chi connectivity index (χ1v) is 9.00. The zero-order valence-corrected chi connectivity index (χ0v) is 13.1. The van der Waals surface area contributed by atoms with Gasteiger partial charge in [-0.1, -0.05) is 6.07 Å². The van der Waals surface area contributed by atoms with Gasteiger partial charge in [0.05, 0.1) is 18.1 Å². The number of sulfone groups is 1. The fourth-order valence-electron chi connectivity index (χ4n) is 2.51. The zero-order valence-electron chi connectivity index (χ0n) is 12.3. The van der Waals surface area contributed by atoms with Crippen LogP contribution in [0.3, 0.4) is 0 Å². The van der Waals surface area contributed by atoms with Crippen LogP contribution >= 0.6 is 0 Å². The maximum atomic E-state index is 12.1.